The summed E-state index contributed by atoms with van der Waals surface area (Å²) in [7, 11) is 0. The lowest BCUT2D eigenvalue weighted by Gasteiger charge is -2.48. The highest BCUT2D eigenvalue weighted by Gasteiger charge is 2.53. The minimum absolute atomic E-state index is 0.242. The minimum Gasteiger partial charge on any atom is -0.394 e. The fourth-order valence-electron chi connectivity index (χ4n) is 12.0. The topological polar surface area (TPSA) is 307 Å². The van der Waals surface area contributed by atoms with E-state index in [9.17, 15) is 61.0 Å². The first-order chi connectivity index (χ1) is 47.8. The molecule has 3 fully saturated rings. The maximum atomic E-state index is 13.5. The largest absolute Gasteiger partial charge is 0.394 e. The monoisotopic (exact) mass is 1380 g/mol. The van der Waals surface area contributed by atoms with Crippen molar-refractivity contribution in [1.82, 2.24) is 5.32 Å². The van der Waals surface area contributed by atoms with E-state index in [4.69, 9.17) is 28.4 Å². The van der Waals surface area contributed by atoms with Gasteiger partial charge in [0.05, 0.1) is 38.6 Å². The highest BCUT2D eigenvalue weighted by molar-refractivity contribution is 5.76. The summed E-state index contributed by atoms with van der Waals surface area (Å²) in [6.45, 7) is 1.67. The van der Waals surface area contributed by atoms with Gasteiger partial charge in [0.2, 0.25) is 5.91 Å². The van der Waals surface area contributed by atoms with Gasteiger partial charge in [0.1, 0.15) is 73.2 Å². The van der Waals surface area contributed by atoms with Gasteiger partial charge < -0.3 is 89.9 Å². The van der Waals surface area contributed by atoms with Crippen LogP contribution in [0.1, 0.15) is 239 Å². The van der Waals surface area contributed by atoms with Crippen molar-refractivity contribution in [1.29, 1.82) is 0 Å². The van der Waals surface area contributed by atoms with Crippen molar-refractivity contribution in [3.05, 3.63) is 122 Å². The van der Waals surface area contributed by atoms with Crippen LogP contribution in [0.4, 0.5) is 0 Å². The summed E-state index contributed by atoms with van der Waals surface area (Å²) in [5, 5.41) is 121. The van der Waals surface area contributed by atoms with Crippen molar-refractivity contribution in [3.8, 4) is 0 Å². The van der Waals surface area contributed by atoms with Gasteiger partial charge in [0.15, 0.2) is 18.9 Å². The van der Waals surface area contributed by atoms with Crippen molar-refractivity contribution < 1.29 is 89.4 Å². The van der Waals surface area contributed by atoms with Crippen LogP contribution in [0.2, 0.25) is 0 Å². The number of hydrogen-bond acceptors (Lipinski definition) is 18. The quantitative estimate of drug-likeness (QED) is 0.0199. The van der Waals surface area contributed by atoms with Crippen LogP contribution in [0, 0.1) is 0 Å². The predicted octanol–water partition coefficient (Wildman–Crippen LogP) is 11.6. The number of ether oxygens (including phenoxy) is 6. The zero-order valence-electron chi connectivity index (χ0n) is 59.7. The van der Waals surface area contributed by atoms with Gasteiger partial charge in [0.25, 0.3) is 0 Å². The number of unbranched alkanes of at least 4 members (excludes halogenated alkanes) is 21. The molecule has 3 rings (SSSR count). The van der Waals surface area contributed by atoms with Gasteiger partial charge in [-0.25, -0.2) is 0 Å². The molecular formula is C79H133NO18. The van der Waals surface area contributed by atoms with E-state index < -0.39 is 124 Å². The lowest BCUT2D eigenvalue weighted by atomic mass is 9.96. The second-order valence-electron chi connectivity index (χ2n) is 26.4. The summed E-state index contributed by atoms with van der Waals surface area (Å²) in [4.78, 5) is 13.5. The number of rotatable bonds is 57. The molecule has 17 unspecified atom stereocenters. The summed E-state index contributed by atoms with van der Waals surface area (Å²) in [5.74, 6) is -0.262. The minimum atomic E-state index is -1.98. The lowest BCUT2D eigenvalue weighted by molar-refractivity contribution is -0.379. The second kappa shape index (κ2) is 58.7. The van der Waals surface area contributed by atoms with E-state index in [1.165, 1.54) is 77.0 Å². The maximum Gasteiger partial charge on any atom is 0.220 e. The van der Waals surface area contributed by atoms with Gasteiger partial charge in [-0.05, 0) is 89.9 Å². The third kappa shape index (κ3) is 39.0. The molecule has 0 radical (unpaired) electrons. The molecule has 3 saturated heterocycles. The molecule has 1 amide bonds. The van der Waals surface area contributed by atoms with Crippen molar-refractivity contribution in [3.63, 3.8) is 0 Å². The molecule has 0 aliphatic carbocycles. The molecule has 3 aliphatic heterocycles. The molecule has 0 spiro atoms. The van der Waals surface area contributed by atoms with Crippen LogP contribution >= 0.6 is 0 Å². The smallest absolute Gasteiger partial charge is 0.220 e. The van der Waals surface area contributed by atoms with E-state index in [2.05, 4.69) is 141 Å². The predicted molar refractivity (Wildman–Crippen MR) is 387 cm³/mol. The van der Waals surface area contributed by atoms with E-state index >= 15 is 0 Å². The van der Waals surface area contributed by atoms with Crippen LogP contribution in [0.25, 0.3) is 0 Å². The first-order valence-corrected chi connectivity index (χ1v) is 37.8. The molecule has 98 heavy (non-hydrogen) atoms. The SMILES string of the molecule is CC/C=C\C/C=C\C/C=C\C/C=C\C/C=C\C/C=C\C/C=C\C/C=C\C/C=C\C/C=C\CCCCCCCCC(=O)NC(COC1OC(CO)C(OC2OC(CO)C(OC3OC(CO)C(O)C(O)C3O)C(O)C2O)C(O)C1O)C(O)CCCCCCCCCCCCCCCCCC. The maximum absolute atomic E-state index is 13.5. The van der Waals surface area contributed by atoms with Crippen molar-refractivity contribution in [2.75, 3.05) is 26.4 Å². The Balaban J connectivity index is 1.37. The van der Waals surface area contributed by atoms with Crippen LogP contribution in [-0.4, -0.2) is 193 Å². The molecule has 3 heterocycles. The van der Waals surface area contributed by atoms with Crippen LogP contribution in [0.3, 0.4) is 0 Å². The van der Waals surface area contributed by atoms with Gasteiger partial charge in [0, 0.05) is 6.42 Å². The number of allylic oxidation sites excluding steroid dienone is 20. The fraction of sp³-hybridized carbons (Fsp3) is 0.734. The van der Waals surface area contributed by atoms with Crippen LogP contribution in [0.5, 0.6) is 0 Å². The second-order valence-corrected chi connectivity index (χ2v) is 26.4. The van der Waals surface area contributed by atoms with Gasteiger partial charge in [-0.3, -0.25) is 4.79 Å². The van der Waals surface area contributed by atoms with E-state index in [0.717, 1.165) is 128 Å². The fourth-order valence-corrected chi connectivity index (χ4v) is 12.0. The summed E-state index contributed by atoms with van der Waals surface area (Å²) < 4.78 is 34.4. The highest BCUT2D eigenvalue weighted by atomic mass is 16.8. The van der Waals surface area contributed by atoms with Gasteiger partial charge in [-0.15, -0.1) is 0 Å². The Morgan fingerprint density at radius 1 is 0.378 bits per heavy atom. The standard InChI is InChI=1S/C79H133NO18/c1-3-5-7-9-11-13-15-17-19-21-22-23-24-25-26-27-28-29-30-31-32-33-34-35-36-37-38-39-40-41-43-45-47-49-51-53-55-57-67(85)80-62(63(84)56-54-52-50-48-46-44-42-20-18-16-14-12-10-8-6-4-2)61-93-77-73(91)70(88)75(65(59-82)95-77)98-79-74(92)71(89)76(66(60-83)96-79)97-78-72(90)69(87)68(86)64(58-81)94-78/h5,7,11,13,17,19,22-23,25-26,28-29,31-32,34-35,37-38,40-41,62-66,68-79,81-84,86-92H,3-4,6,8-10,12,14-16,18,20-21,24,27,30,33,36,39,42-61H2,1-2H3,(H,80,85)/b7-5-,13-11-,19-17-,23-22-,26-25-,29-28-,32-31-,35-34-,38-37-,41-40-. The van der Waals surface area contributed by atoms with Crippen LogP contribution < -0.4 is 5.32 Å². The molecule has 0 saturated carbocycles. The molecule has 3 aliphatic rings. The Bertz CT molecular complexity index is 2250. The zero-order valence-corrected chi connectivity index (χ0v) is 59.7. The van der Waals surface area contributed by atoms with Crippen LogP contribution in [0.15, 0.2) is 122 Å². The number of amides is 1. The highest BCUT2D eigenvalue weighted by Crippen LogP contribution is 2.33. The zero-order chi connectivity index (χ0) is 71.1. The van der Waals surface area contributed by atoms with E-state index in [-0.39, 0.29) is 18.9 Å². The van der Waals surface area contributed by atoms with E-state index in [1.807, 2.05) is 0 Å². The molecule has 19 heteroatoms. The Morgan fingerprint density at radius 2 is 0.704 bits per heavy atom. The first-order valence-electron chi connectivity index (χ1n) is 37.8. The molecule has 562 valence electrons. The van der Waals surface area contributed by atoms with Crippen molar-refractivity contribution in [2.24, 2.45) is 0 Å². The third-order valence-electron chi connectivity index (χ3n) is 18.1. The number of carbonyl (C=O) groups excluding carboxylic acids is 1. The molecule has 19 nitrogen and oxygen atoms in total. The normalized spacial score (nSPS) is 27.5. The number of hydrogen-bond donors (Lipinski definition) is 12. The summed E-state index contributed by atoms with van der Waals surface area (Å²) in [5.41, 5.74) is 0. The summed E-state index contributed by atoms with van der Waals surface area (Å²) in [6, 6.07) is -0.904. The summed E-state index contributed by atoms with van der Waals surface area (Å²) in [6.07, 6.45) is 54.2. The van der Waals surface area contributed by atoms with Gasteiger partial charge >= 0.3 is 0 Å². The number of nitrogens with one attached hydrogen (secondary N) is 1. The van der Waals surface area contributed by atoms with E-state index in [1.54, 1.807) is 0 Å². The average molecular weight is 1380 g/mol. The average Bonchev–Trinajstić information content (AvgIpc) is 0.784. The van der Waals surface area contributed by atoms with E-state index in [0.29, 0.717) is 12.8 Å². The van der Waals surface area contributed by atoms with Gasteiger partial charge in [-0.2, -0.15) is 0 Å². The third-order valence-corrected chi connectivity index (χ3v) is 18.1. The molecule has 0 aromatic carbocycles. The Hall–Kier alpha value is -3.81. The van der Waals surface area contributed by atoms with Gasteiger partial charge in [-0.1, -0.05) is 264 Å². The molecule has 12 N–H and O–H groups in total. The summed E-state index contributed by atoms with van der Waals surface area (Å²) >= 11 is 0. The number of aliphatic hydroxyl groups excluding tert-OH is 11. The lowest BCUT2D eigenvalue weighted by Crippen LogP contribution is -2.66. The van der Waals surface area contributed by atoms with Crippen LogP contribution in [-0.2, 0) is 33.2 Å². The Morgan fingerprint density at radius 3 is 1.10 bits per heavy atom. The first kappa shape index (κ1) is 88.4. The Labute approximate surface area is 588 Å². The molecular weight excluding hydrogens is 1250 g/mol. The number of aliphatic hydroxyl groups is 11. The Kier molecular flexibility index (Phi) is 52.9. The molecule has 0 aromatic rings. The van der Waals surface area contributed by atoms with Crippen molar-refractivity contribution in [2.45, 2.75) is 343 Å². The van der Waals surface area contributed by atoms with Crippen molar-refractivity contribution >= 4 is 5.91 Å². The molecule has 17 atom stereocenters. The number of carbonyl (C=O) groups is 1. The molecule has 0 aromatic heterocycles. The molecule has 0 bridgehead atoms.